The van der Waals surface area contributed by atoms with Gasteiger partial charge in [0.25, 0.3) is 0 Å². The normalized spacial score (nSPS) is 15.3. The van der Waals surface area contributed by atoms with Gasteiger partial charge >= 0.3 is 0 Å². The maximum Gasteiger partial charge on any atom is 0.226 e. The van der Waals surface area contributed by atoms with Gasteiger partial charge in [0.05, 0.1) is 5.69 Å². The molecule has 0 saturated carbocycles. The topological polar surface area (TPSA) is 32.5 Å². The Hall–Kier alpha value is -2.66. The van der Waals surface area contributed by atoms with E-state index in [2.05, 4.69) is 46.8 Å². The van der Waals surface area contributed by atoms with E-state index in [1.807, 2.05) is 6.07 Å². The van der Waals surface area contributed by atoms with Crippen molar-refractivity contribution in [1.82, 2.24) is 9.88 Å². The van der Waals surface area contributed by atoms with Gasteiger partial charge in [-0.05, 0) is 49.2 Å². The molecule has 27 heavy (non-hydrogen) atoms. The molecule has 4 nitrogen and oxygen atoms in total. The first-order chi connectivity index (χ1) is 13.1. The maximum atomic E-state index is 13.4. The lowest BCUT2D eigenvalue weighted by Gasteiger charge is -2.36. The molecule has 1 aliphatic rings. The molecule has 0 bridgehead atoms. The quantitative estimate of drug-likeness (QED) is 0.685. The van der Waals surface area contributed by atoms with E-state index in [4.69, 9.17) is 4.42 Å². The molecule has 0 radical (unpaired) electrons. The average molecular weight is 365 g/mol. The van der Waals surface area contributed by atoms with Crippen molar-refractivity contribution in [3.8, 4) is 11.5 Å². The highest BCUT2D eigenvalue weighted by molar-refractivity contribution is 5.55. The van der Waals surface area contributed by atoms with Gasteiger partial charge in [0.15, 0.2) is 0 Å². The highest BCUT2D eigenvalue weighted by Crippen LogP contribution is 2.24. The number of hydrogen-bond donors (Lipinski definition) is 0. The van der Waals surface area contributed by atoms with Crippen molar-refractivity contribution >= 4 is 5.69 Å². The van der Waals surface area contributed by atoms with Crippen LogP contribution in [0, 0.1) is 19.7 Å². The lowest BCUT2D eigenvalue weighted by molar-refractivity contribution is 0.247. The maximum absolute atomic E-state index is 13.4. The second-order valence-corrected chi connectivity index (χ2v) is 7.21. The lowest BCUT2D eigenvalue weighted by atomic mass is 10.1. The van der Waals surface area contributed by atoms with Gasteiger partial charge in [-0.3, -0.25) is 4.90 Å². The van der Waals surface area contributed by atoms with Crippen LogP contribution in [0.4, 0.5) is 10.1 Å². The largest absolute Gasteiger partial charge is 0.444 e. The van der Waals surface area contributed by atoms with Crippen molar-refractivity contribution in [2.24, 2.45) is 0 Å². The first-order valence-corrected chi connectivity index (χ1v) is 9.33. The Morgan fingerprint density at radius 1 is 1.04 bits per heavy atom. The molecule has 1 aliphatic heterocycles. The summed E-state index contributed by atoms with van der Waals surface area (Å²) in [6, 6.07) is 13.0. The number of aryl methyl sites for hydroxylation is 2. The van der Waals surface area contributed by atoms with Crippen LogP contribution in [0.1, 0.15) is 16.8 Å². The van der Waals surface area contributed by atoms with E-state index in [0.717, 1.165) is 38.4 Å². The van der Waals surface area contributed by atoms with Crippen LogP contribution in [-0.4, -0.2) is 36.1 Å². The van der Waals surface area contributed by atoms with Gasteiger partial charge in [-0.2, -0.15) is 0 Å². The standard InChI is InChI=1S/C22H24FN3O/c1-16-6-7-17(2)21(12-16)26-10-8-25(9-11-26)14-20-15-27-22(24-20)18-4-3-5-19(23)13-18/h3-7,12-13,15H,8-11,14H2,1-2H3. The SMILES string of the molecule is Cc1ccc(C)c(N2CCN(Cc3coc(-c4cccc(F)c4)n3)CC2)c1. The summed E-state index contributed by atoms with van der Waals surface area (Å²) in [6.07, 6.45) is 1.68. The van der Waals surface area contributed by atoms with E-state index in [1.54, 1.807) is 12.3 Å². The molecular formula is C22H24FN3O. The van der Waals surface area contributed by atoms with E-state index in [9.17, 15) is 4.39 Å². The molecule has 2 heterocycles. The summed E-state index contributed by atoms with van der Waals surface area (Å²) in [6.45, 7) is 9.02. The Morgan fingerprint density at radius 2 is 1.85 bits per heavy atom. The van der Waals surface area contributed by atoms with Crippen molar-refractivity contribution in [1.29, 1.82) is 0 Å². The minimum atomic E-state index is -0.283. The molecule has 1 fully saturated rings. The van der Waals surface area contributed by atoms with E-state index < -0.39 is 0 Å². The van der Waals surface area contributed by atoms with E-state index in [0.29, 0.717) is 11.5 Å². The monoisotopic (exact) mass is 365 g/mol. The van der Waals surface area contributed by atoms with E-state index in [1.165, 1.54) is 28.9 Å². The van der Waals surface area contributed by atoms with Crippen LogP contribution in [0.2, 0.25) is 0 Å². The van der Waals surface area contributed by atoms with Crippen molar-refractivity contribution in [2.45, 2.75) is 20.4 Å². The molecular weight excluding hydrogens is 341 g/mol. The number of rotatable bonds is 4. The third kappa shape index (κ3) is 4.03. The zero-order valence-electron chi connectivity index (χ0n) is 15.8. The van der Waals surface area contributed by atoms with E-state index in [-0.39, 0.29) is 5.82 Å². The summed E-state index contributed by atoms with van der Waals surface area (Å²) in [5.74, 6) is 0.188. The van der Waals surface area contributed by atoms with Crippen LogP contribution >= 0.6 is 0 Å². The molecule has 0 N–H and O–H groups in total. The fourth-order valence-electron chi connectivity index (χ4n) is 3.57. The highest BCUT2D eigenvalue weighted by Gasteiger charge is 2.20. The summed E-state index contributed by atoms with van der Waals surface area (Å²) < 4.78 is 18.9. The number of halogens is 1. The zero-order chi connectivity index (χ0) is 18.8. The Balaban J connectivity index is 1.38. The van der Waals surface area contributed by atoms with Gasteiger partial charge in [-0.25, -0.2) is 9.37 Å². The molecule has 0 aliphatic carbocycles. The number of oxazole rings is 1. The number of nitrogens with zero attached hydrogens (tertiary/aromatic N) is 3. The van der Waals surface area contributed by atoms with Crippen molar-refractivity contribution in [3.63, 3.8) is 0 Å². The Kier molecular flexibility index (Phi) is 4.94. The first-order valence-electron chi connectivity index (χ1n) is 9.33. The van der Waals surface area contributed by atoms with Crippen molar-refractivity contribution in [2.75, 3.05) is 31.1 Å². The predicted octanol–water partition coefficient (Wildman–Crippen LogP) is 4.42. The van der Waals surface area contributed by atoms with Gasteiger partial charge in [-0.1, -0.05) is 18.2 Å². The molecule has 2 aromatic carbocycles. The van der Waals surface area contributed by atoms with Gasteiger partial charge in [0.1, 0.15) is 12.1 Å². The third-order valence-corrected chi connectivity index (χ3v) is 5.09. The minimum Gasteiger partial charge on any atom is -0.444 e. The summed E-state index contributed by atoms with van der Waals surface area (Å²) in [4.78, 5) is 9.37. The van der Waals surface area contributed by atoms with Gasteiger partial charge in [-0.15, -0.1) is 0 Å². The number of anilines is 1. The fourth-order valence-corrected chi connectivity index (χ4v) is 3.57. The molecule has 3 aromatic rings. The molecule has 1 aromatic heterocycles. The first kappa shape index (κ1) is 17.7. The average Bonchev–Trinajstić information content (AvgIpc) is 3.13. The van der Waals surface area contributed by atoms with E-state index >= 15 is 0 Å². The second kappa shape index (κ2) is 7.53. The van der Waals surface area contributed by atoms with Crippen LogP contribution in [0.25, 0.3) is 11.5 Å². The predicted molar refractivity (Wildman–Crippen MR) is 105 cm³/mol. The van der Waals surface area contributed by atoms with Crippen LogP contribution in [0.15, 0.2) is 53.1 Å². The van der Waals surface area contributed by atoms with Gasteiger partial charge in [0.2, 0.25) is 5.89 Å². The Bertz CT molecular complexity index is 929. The highest BCUT2D eigenvalue weighted by atomic mass is 19.1. The molecule has 0 amide bonds. The van der Waals surface area contributed by atoms with Crippen LogP contribution in [-0.2, 0) is 6.54 Å². The fraction of sp³-hybridized carbons (Fsp3) is 0.318. The summed E-state index contributed by atoms with van der Waals surface area (Å²) in [5, 5.41) is 0. The molecule has 140 valence electrons. The minimum absolute atomic E-state index is 0.283. The molecule has 1 saturated heterocycles. The lowest BCUT2D eigenvalue weighted by Crippen LogP contribution is -2.46. The van der Waals surface area contributed by atoms with Crippen molar-refractivity contribution in [3.05, 3.63) is 71.4 Å². The summed E-state index contributed by atoms with van der Waals surface area (Å²) >= 11 is 0. The number of aromatic nitrogens is 1. The Morgan fingerprint density at radius 3 is 2.63 bits per heavy atom. The number of hydrogen-bond acceptors (Lipinski definition) is 4. The third-order valence-electron chi connectivity index (χ3n) is 5.09. The molecule has 5 heteroatoms. The van der Waals surface area contributed by atoms with Crippen LogP contribution < -0.4 is 4.90 Å². The Labute approximate surface area is 159 Å². The molecule has 0 spiro atoms. The van der Waals surface area contributed by atoms with Gasteiger partial charge in [0, 0.05) is 44.0 Å². The van der Waals surface area contributed by atoms with Gasteiger partial charge < -0.3 is 9.32 Å². The second-order valence-electron chi connectivity index (χ2n) is 7.21. The smallest absolute Gasteiger partial charge is 0.226 e. The van der Waals surface area contributed by atoms with Crippen LogP contribution in [0.5, 0.6) is 0 Å². The summed E-state index contributed by atoms with van der Waals surface area (Å²) in [5.41, 5.74) is 5.51. The zero-order valence-corrected chi connectivity index (χ0v) is 15.8. The summed E-state index contributed by atoms with van der Waals surface area (Å²) in [7, 11) is 0. The van der Waals surface area contributed by atoms with Crippen molar-refractivity contribution < 1.29 is 8.81 Å². The number of piperazine rings is 1. The van der Waals surface area contributed by atoms with Crippen LogP contribution in [0.3, 0.4) is 0 Å². The molecule has 0 atom stereocenters. The molecule has 0 unspecified atom stereocenters. The number of benzene rings is 2. The molecule has 4 rings (SSSR count).